The van der Waals surface area contributed by atoms with Crippen molar-refractivity contribution in [3.63, 3.8) is 0 Å². The van der Waals surface area contributed by atoms with Gasteiger partial charge < -0.3 is 0 Å². The first kappa shape index (κ1) is 10.00. The van der Waals surface area contributed by atoms with Crippen molar-refractivity contribution in [1.29, 1.82) is 5.26 Å². The van der Waals surface area contributed by atoms with Crippen molar-refractivity contribution >= 4 is 20.4 Å². The summed E-state index contributed by atoms with van der Waals surface area (Å²) in [5.74, 6) is 0.805. The number of hydrogen-bond donors (Lipinski definition) is 0. The maximum atomic E-state index is 8.25. The van der Waals surface area contributed by atoms with Crippen molar-refractivity contribution in [2.45, 2.75) is 31.5 Å². The highest BCUT2D eigenvalue weighted by Gasteiger charge is 2.01. The Hall–Kier alpha value is -0.00312. The molecule has 10 heavy (non-hydrogen) atoms. The molecule has 0 N–H and O–H groups in total. The molecule has 0 saturated carbocycles. The molecule has 0 aliphatic rings. The third-order valence-electron chi connectivity index (χ3n) is 1.59. The summed E-state index contributed by atoms with van der Waals surface area (Å²) in [5, 5.41) is 8.25. The lowest BCUT2D eigenvalue weighted by atomic mass is 10.4. The minimum atomic E-state index is -0.517. The van der Waals surface area contributed by atoms with E-state index < -0.39 is 8.80 Å². The van der Waals surface area contributed by atoms with Gasteiger partial charge in [-0.1, -0.05) is 12.6 Å². The Bertz CT molecular complexity index is 111. The molecule has 0 heterocycles. The zero-order valence-corrected chi connectivity index (χ0v) is 8.35. The highest BCUT2D eigenvalue weighted by molar-refractivity contribution is 6.58. The van der Waals surface area contributed by atoms with Crippen LogP contribution in [0, 0.1) is 11.3 Å². The summed E-state index contributed by atoms with van der Waals surface area (Å²) in [6.45, 7) is 2.32. The van der Waals surface area contributed by atoms with Crippen molar-refractivity contribution in [2.24, 2.45) is 0 Å². The lowest BCUT2D eigenvalue weighted by Crippen LogP contribution is -2.05. The third-order valence-corrected chi connectivity index (χ3v) is 4.84. The van der Waals surface area contributed by atoms with Crippen molar-refractivity contribution in [1.82, 2.24) is 0 Å². The number of unbranched alkanes of at least 4 members (excludes halogenated alkanes) is 1. The molecule has 0 aliphatic carbocycles. The topological polar surface area (TPSA) is 23.8 Å². The summed E-state index contributed by atoms with van der Waals surface area (Å²) >= 11 is 5.58. The van der Waals surface area contributed by atoms with E-state index in [9.17, 15) is 0 Å². The number of nitrogens with zero attached hydrogens (tertiary/aromatic N) is 1. The van der Waals surface area contributed by atoms with Crippen LogP contribution in [0.15, 0.2) is 0 Å². The smallest absolute Gasteiger partial charge is 0.0621 e. The summed E-state index contributed by atoms with van der Waals surface area (Å²) in [6.07, 6.45) is 1.81. The van der Waals surface area contributed by atoms with Crippen LogP contribution < -0.4 is 0 Å². The quantitative estimate of drug-likeness (QED) is 0.358. The van der Waals surface area contributed by atoms with Gasteiger partial charge in [-0.25, -0.2) is 0 Å². The predicted octanol–water partition coefficient (Wildman–Crippen LogP) is 2.39. The molecule has 0 rings (SSSR count). The molecule has 0 radical (unpaired) electrons. The standard InChI is InChI=1S/C7H14ClNSi/c1-10(7-4-8)6-3-2-5-9/h10H,2-4,6-7H2,1H3. The van der Waals surface area contributed by atoms with E-state index in [4.69, 9.17) is 16.9 Å². The highest BCUT2D eigenvalue weighted by Crippen LogP contribution is 2.05. The van der Waals surface area contributed by atoms with Gasteiger partial charge in [-0.05, 0) is 12.5 Å². The third kappa shape index (κ3) is 6.12. The first-order valence-electron chi connectivity index (χ1n) is 3.74. The Labute approximate surface area is 69.6 Å². The summed E-state index contributed by atoms with van der Waals surface area (Å²) in [5.41, 5.74) is 0. The molecule has 0 amide bonds. The van der Waals surface area contributed by atoms with E-state index in [0.717, 1.165) is 18.7 Å². The molecule has 0 fully saturated rings. The summed E-state index contributed by atoms with van der Waals surface area (Å²) in [4.78, 5) is 0. The van der Waals surface area contributed by atoms with Gasteiger partial charge in [-0.2, -0.15) is 5.26 Å². The molecular formula is C7H14ClNSi. The number of hydrogen-bond acceptors (Lipinski definition) is 1. The van der Waals surface area contributed by atoms with Crippen molar-refractivity contribution < 1.29 is 0 Å². The van der Waals surface area contributed by atoms with E-state index in [1.54, 1.807) is 0 Å². The number of alkyl halides is 1. The maximum absolute atomic E-state index is 8.25. The maximum Gasteiger partial charge on any atom is 0.0621 e. The van der Waals surface area contributed by atoms with E-state index in [2.05, 4.69) is 12.6 Å². The molecule has 0 spiro atoms. The van der Waals surface area contributed by atoms with Gasteiger partial charge in [-0.15, -0.1) is 11.6 Å². The fraction of sp³-hybridized carbons (Fsp3) is 0.857. The van der Waals surface area contributed by atoms with Crippen LogP contribution in [0.3, 0.4) is 0 Å². The summed E-state index contributed by atoms with van der Waals surface area (Å²) in [6, 6.07) is 4.65. The second-order valence-electron chi connectivity index (χ2n) is 2.63. The monoisotopic (exact) mass is 175 g/mol. The largest absolute Gasteiger partial charge is 0.198 e. The molecular weight excluding hydrogens is 162 g/mol. The lowest BCUT2D eigenvalue weighted by molar-refractivity contribution is 0.948. The first-order chi connectivity index (χ1) is 4.81. The predicted molar refractivity (Wildman–Crippen MR) is 48.2 cm³/mol. The van der Waals surface area contributed by atoms with Crippen LogP contribution in [0.2, 0.25) is 18.6 Å². The van der Waals surface area contributed by atoms with E-state index in [0.29, 0.717) is 0 Å². The number of halogens is 1. The van der Waals surface area contributed by atoms with Crippen molar-refractivity contribution in [2.75, 3.05) is 5.88 Å². The van der Waals surface area contributed by atoms with Crippen molar-refractivity contribution in [3.8, 4) is 6.07 Å². The second-order valence-corrected chi connectivity index (χ2v) is 6.38. The van der Waals surface area contributed by atoms with Gasteiger partial charge in [0.1, 0.15) is 0 Å². The van der Waals surface area contributed by atoms with E-state index >= 15 is 0 Å². The molecule has 0 saturated heterocycles. The zero-order chi connectivity index (χ0) is 7.82. The Balaban J connectivity index is 3.06. The van der Waals surface area contributed by atoms with Crippen molar-refractivity contribution in [3.05, 3.63) is 0 Å². The van der Waals surface area contributed by atoms with Gasteiger partial charge in [0.05, 0.1) is 6.07 Å². The molecule has 1 nitrogen and oxygen atoms in total. The van der Waals surface area contributed by atoms with Crippen LogP contribution in [0.1, 0.15) is 12.8 Å². The van der Waals surface area contributed by atoms with Crippen LogP contribution in [0.5, 0.6) is 0 Å². The lowest BCUT2D eigenvalue weighted by Gasteiger charge is -2.03. The average Bonchev–Trinajstić information content (AvgIpc) is 1.89. The van der Waals surface area contributed by atoms with E-state index in [1.807, 2.05) is 0 Å². The fourth-order valence-electron chi connectivity index (χ4n) is 0.860. The van der Waals surface area contributed by atoms with E-state index in [-0.39, 0.29) is 0 Å². The first-order valence-corrected chi connectivity index (χ1v) is 7.06. The van der Waals surface area contributed by atoms with Gasteiger partial charge in [0.2, 0.25) is 0 Å². The van der Waals surface area contributed by atoms with Crippen LogP contribution in [-0.4, -0.2) is 14.7 Å². The van der Waals surface area contributed by atoms with Crippen LogP contribution in [-0.2, 0) is 0 Å². The number of rotatable bonds is 5. The Morgan fingerprint density at radius 2 is 2.20 bits per heavy atom. The summed E-state index contributed by atoms with van der Waals surface area (Å²) in [7, 11) is -0.517. The molecule has 1 atom stereocenters. The molecule has 0 aromatic carbocycles. The molecule has 1 unspecified atom stereocenters. The average molecular weight is 176 g/mol. The fourth-order valence-corrected chi connectivity index (χ4v) is 3.54. The zero-order valence-electron chi connectivity index (χ0n) is 6.44. The minimum absolute atomic E-state index is 0.517. The molecule has 3 heteroatoms. The second kappa shape index (κ2) is 7.11. The Morgan fingerprint density at radius 1 is 1.50 bits per heavy atom. The molecule has 0 aromatic heterocycles. The van der Waals surface area contributed by atoms with Gasteiger partial charge in [-0.3, -0.25) is 0 Å². The van der Waals surface area contributed by atoms with E-state index in [1.165, 1.54) is 12.1 Å². The molecule has 0 aliphatic heterocycles. The van der Waals surface area contributed by atoms with Gasteiger partial charge in [0.25, 0.3) is 0 Å². The molecule has 0 bridgehead atoms. The highest BCUT2D eigenvalue weighted by atomic mass is 35.5. The molecule has 58 valence electrons. The molecule has 0 aromatic rings. The minimum Gasteiger partial charge on any atom is -0.198 e. The summed E-state index contributed by atoms with van der Waals surface area (Å²) < 4.78 is 0. The van der Waals surface area contributed by atoms with Crippen LogP contribution in [0.4, 0.5) is 0 Å². The Morgan fingerprint density at radius 3 is 2.70 bits per heavy atom. The van der Waals surface area contributed by atoms with Gasteiger partial charge >= 0.3 is 0 Å². The number of nitriles is 1. The van der Waals surface area contributed by atoms with Crippen LogP contribution in [0.25, 0.3) is 0 Å². The van der Waals surface area contributed by atoms with Gasteiger partial charge in [0, 0.05) is 21.1 Å². The SMILES string of the molecule is C[SiH](CCCl)CCCC#N. The normalized spacial score (nSPS) is 12.5. The Kier molecular flexibility index (Phi) is 7.11. The van der Waals surface area contributed by atoms with Gasteiger partial charge in [0.15, 0.2) is 0 Å². The van der Waals surface area contributed by atoms with Crippen LogP contribution >= 0.6 is 11.6 Å².